The van der Waals surface area contributed by atoms with Crippen LogP contribution < -0.4 is 10.6 Å². The Labute approximate surface area is 223 Å². The lowest BCUT2D eigenvalue weighted by Gasteiger charge is -2.19. The van der Waals surface area contributed by atoms with Gasteiger partial charge in [-0.2, -0.15) is 0 Å². The summed E-state index contributed by atoms with van der Waals surface area (Å²) in [7, 11) is 0. The molecule has 3 aromatic carbocycles. The van der Waals surface area contributed by atoms with Gasteiger partial charge in [0.2, 0.25) is 0 Å². The number of hydrogen-bond acceptors (Lipinski definition) is 5. The van der Waals surface area contributed by atoms with Crippen molar-refractivity contribution in [1.82, 2.24) is 4.90 Å². The zero-order chi connectivity index (χ0) is 26.0. The third-order valence-electron chi connectivity index (χ3n) is 5.42. The molecule has 0 atom stereocenters. The van der Waals surface area contributed by atoms with Crippen LogP contribution >= 0.6 is 35.0 Å². The van der Waals surface area contributed by atoms with E-state index in [2.05, 4.69) is 10.6 Å². The van der Waals surface area contributed by atoms with E-state index in [1.807, 2.05) is 31.2 Å². The molecule has 9 heteroatoms. The summed E-state index contributed by atoms with van der Waals surface area (Å²) in [5.74, 6) is -1.07. The van der Waals surface area contributed by atoms with Gasteiger partial charge >= 0.3 is 0 Å². The van der Waals surface area contributed by atoms with E-state index in [0.29, 0.717) is 21.2 Å². The van der Waals surface area contributed by atoms with Crippen LogP contribution in [0.1, 0.15) is 29.8 Å². The molecule has 3 amide bonds. The van der Waals surface area contributed by atoms with E-state index in [1.165, 1.54) is 22.7 Å². The monoisotopic (exact) mass is 539 g/mol. The Morgan fingerprint density at radius 2 is 1.53 bits per heavy atom. The number of thioether (sulfide) groups is 1. The van der Waals surface area contributed by atoms with E-state index in [-0.39, 0.29) is 34.5 Å². The highest BCUT2D eigenvalue weighted by Gasteiger charge is 2.40. The second-order valence-corrected chi connectivity index (χ2v) is 10.4. The van der Waals surface area contributed by atoms with Gasteiger partial charge in [-0.3, -0.25) is 19.3 Å². The number of benzene rings is 3. The summed E-state index contributed by atoms with van der Waals surface area (Å²) < 4.78 is 0. The zero-order valence-corrected chi connectivity index (χ0v) is 22.1. The quantitative estimate of drug-likeness (QED) is 0.324. The van der Waals surface area contributed by atoms with Crippen LogP contribution in [-0.2, 0) is 9.59 Å². The van der Waals surface area contributed by atoms with Gasteiger partial charge in [-0.05, 0) is 75.4 Å². The maximum atomic E-state index is 13.1. The Hall–Kier alpha value is -3.26. The number of carbonyl (C=O) groups excluding carboxylic acids is 3. The molecule has 1 aliphatic rings. The summed E-state index contributed by atoms with van der Waals surface area (Å²) >= 11 is 13.2. The number of nitrogens with zero attached hydrogens (tertiary/aromatic N) is 1. The lowest BCUT2D eigenvalue weighted by atomic mass is 10.2. The zero-order valence-electron chi connectivity index (χ0n) is 19.8. The van der Waals surface area contributed by atoms with Crippen LogP contribution in [0.3, 0.4) is 0 Å². The van der Waals surface area contributed by atoms with E-state index in [1.54, 1.807) is 50.2 Å². The van der Waals surface area contributed by atoms with Gasteiger partial charge < -0.3 is 10.6 Å². The van der Waals surface area contributed by atoms with E-state index in [9.17, 15) is 14.4 Å². The van der Waals surface area contributed by atoms with Crippen molar-refractivity contribution in [2.45, 2.75) is 31.7 Å². The van der Waals surface area contributed by atoms with Gasteiger partial charge in [0.1, 0.15) is 10.6 Å². The van der Waals surface area contributed by atoms with Crippen molar-refractivity contribution in [3.8, 4) is 0 Å². The van der Waals surface area contributed by atoms with Gasteiger partial charge in [-0.1, -0.05) is 52.7 Å². The molecular formula is C27H23Cl2N3O3S. The second-order valence-electron chi connectivity index (χ2n) is 8.47. The molecule has 0 bridgehead atoms. The predicted octanol–water partition coefficient (Wildman–Crippen LogP) is 6.75. The first-order valence-corrected chi connectivity index (χ1v) is 12.7. The molecule has 0 radical (unpaired) electrons. The van der Waals surface area contributed by atoms with Crippen LogP contribution in [0.25, 0.3) is 0 Å². The molecule has 6 nitrogen and oxygen atoms in total. The number of hydrogen-bond donors (Lipinski definition) is 2. The van der Waals surface area contributed by atoms with E-state index in [0.717, 1.165) is 16.1 Å². The fraction of sp³-hybridized carbons (Fsp3) is 0.148. The summed E-state index contributed by atoms with van der Waals surface area (Å²) in [5.41, 5.74) is 2.92. The highest BCUT2D eigenvalue weighted by molar-refractivity contribution is 8.04. The van der Waals surface area contributed by atoms with Crippen LogP contribution in [-0.4, -0.2) is 28.7 Å². The number of nitrogens with one attached hydrogen (secondary N) is 2. The first kappa shape index (κ1) is 25.8. The summed E-state index contributed by atoms with van der Waals surface area (Å²) in [6, 6.07) is 19.0. The Morgan fingerprint density at radius 3 is 2.14 bits per heavy atom. The largest absolute Gasteiger partial charge is 0.350 e. The molecule has 4 rings (SSSR count). The fourth-order valence-electron chi connectivity index (χ4n) is 3.58. The standard InChI is InChI=1S/C27H23Cl2N3O3S/c1-15(2)32-26(34)23(30-18-7-4-16(3)5-8-18)24(27(32)35)36-20-11-9-19(10-12-20)31-25(33)21-13-6-17(28)14-22(21)29/h4-15,30H,1-3H3,(H,31,33). The number of halogens is 2. The van der Waals surface area contributed by atoms with Crippen molar-refractivity contribution < 1.29 is 14.4 Å². The smallest absolute Gasteiger partial charge is 0.278 e. The number of carbonyl (C=O) groups is 3. The molecule has 0 aliphatic carbocycles. The first-order valence-electron chi connectivity index (χ1n) is 11.1. The van der Waals surface area contributed by atoms with Gasteiger partial charge in [-0.25, -0.2) is 0 Å². The maximum Gasteiger partial charge on any atom is 0.278 e. The number of aryl methyl sites for hydroxylation is 1. The number of anilines is 2. The summed E-state index contributed by atoms with van der Waals surface area (Å²) in [6.07, 6.45) is 0. The van der Waals surface area contributed by atoms with Crippen molar-refractivity contribution >= 4 is 64.1 Å². The molecule has 1 heterocycles. The fourth-order valence-corrected chi connectivity index (χ4v) is 5.01. The van der Waals surface area contributed by atoms with Crippen LogP contribution in [0.2, 0.25) is 10.0 Å². The van der Waals surface area contributed by atoms with Gasteiger partial charge in [0, 0.05) is 27.3 Å². The average Bonchev–Trinajstić information content (AvgIpc) is 3.05. The second kappa shape index (κ2) is 10.8. The lowest BCUT2D eigenvalue weighted by molar-refractivity contribution is -0.139. The van der Waals surface area contributed by atoms with Crippen molar-refractivity contribution in [2.24, 2.45) is 0 Å². The third kappa shape index (κ3) is 5.59. The Balaban J connectivity index is 1.55. The van der Waals surface area contributed by atoms with Gasteiger partial charge in [0.25, 0.3) is 17.7 Å². The minimum atomic E-state index is -0.367. The minimum Gasteiger partial charge on any atom is -0.350 e. The molecular weight excluding hydrogens is 517 g/mol. The summed E-state index contributed by atoms with van der Waals surface area (Å²) in [6.45, 7) is 5.58. The Bertz CT molecular complexity index is 1370. The normalized spacial score (nSPS) is 13.6. The molecule has 0 spiro atoms. The summed E-state index contributed by atoms with van der Waals surface area (Å²) in [5, 5.41) is 6.63. The highest BCUT2D eigenvalue weighted by Crippen LogP contribution is 2.37. The molecule has 0 saturated carbocycles. The van der Waals surface area contributed by atoms with E-state index >= 15 is 0 Å². The number of amides is 3. The van der Waals surface area contributed by atoms with Crippen molar-refractivity contribution in [2.75, 3.05) is 10.6 Å². The third-order valence-corrected chi connectivity index (χ3v) is 7.06. The van der Waals surface area contributed by atoms with E-state index < -0.39 is 0 Å². The van der Waals surface area contributed by atoms with Crippen molar-refractivity contribution in [1.29, 1.82) is 0 Å². The first-order chi connectivity index (χ1) is 17.1. The maximum absolute atomic E-state index is 13.1. The molecule has 36 heavy (non-hydrogen) atoms. The average molecular weight is 540 g/mol. The molecule has 0 unspecified atom stereocenters. The molecule has 0 fully saturated rings. The SMILES string of the molecule is Cc1ccc(NC2=C(Sc3ccc(NC(=O)c4ccc(Cl)cc4Cl)cc3)C(=O)N(C(C)C)C2=O)cc1. The molecule has 1 aliphatic heterocycles. The van der Waals surface area contributed by atoms with Crippen LogP contribution in [0.15, 0.2) is 82.2 Å². The van der Waals surface area contributed by atoms with Crippen LogP contribution in [0, 0.1) is 6.92 Å². The number of imide groups is 1. The van der Waals surface area contributed by atoms with Gasteiger partial charge in [0.15, 0.2) is 0 Å². The van der Waals surface area contributed by atoms with Crippen LogP contribution in [0.5, 0.6) is 0 Å². The minimum absolute atomic E-state index is 0.248. The Kier molecular flexibility index (Phi) is 7.73. The molecule has 0 saturated heterocycles. The lowest BCUT2D eigenvalue weighted by Crippen LogP contribution is -2.38. The topological polar surface area (TPSA) is 78.5 Å². The molecule has 2 N–H and O–H groups in total. The van der Waals surface area contributed by atoms with Gasteiger partial charge in [-0.15, -0.1) is 0 Å². The predicted molar refractivity (Wildman–Crippen MR) is 146 cm³/mol. The highest BCUT2D eigenvalue weighted by atomic mass is 35.5. The van der Waals surface area contributed by atoms with Crippen molar-refractivity contribution in [3.05, 3.63) is 98.5 Å². The van der Waals surface area contributed by atoms with Gasteiger partial charge in [0.05, 0.1) is 10.6 Å². The summed E-state index contributed by atoms with van der Waals surface area (Å²) in [4.78, 5) is 41.1. The van der Waals surface area contributed by atoms with Crippen molar-refractivity contribution in [3.63, 3.8) is 0 Å². The van der Waals surface area contributed by atoms with Crippen LogP contribution in [0.4, 0.5) is 11.4 Å². The molecule has 184 valence electrons. The molecule has 0 aromatic heterocycles. The Morgan fingerprint density at radius 1 is 0.889 bits per heavy atom. The number of rotatable bonds is 7. The molecule has 3 aromatic rings. The van der Waals surface area contributed by atoms with E-state index in [4.69, 9.17) is 23.2 Å².